The lowest BCUT2D eigenvalue weighted by molar-refractivity contribution is 0.219. The Morgan fingerprint density at radius 3 is 2.29 bits per heavy atom. The fourth-order valence-corrected chi connectivity index (χ4v) is 4.05. The number of benzene rings is 1. The minimum atomic E-state index is -0.0311. The van der Waals surface area contributed by atoms with E-state index >= 15 is 0 Å². The Morgan fingerprint density at radius 1 is 1.07 bits per heavy atom. The highest BCUT2D eigenvalue weighted by atomic mass is 16.2. The molecule has 2 saturated heterocycles. The highest BCUT2D eigenvalue weighted by Gasteiger charge is 2.42. The lowest BCUT2D eigenvalue weighted by atomic mass is 10.0. The van der Waals surface area contributed by atoms with Crippen molar-refractivity contribution in [3.05, 3.63) is 47.7 Å². The number of rotatable bonds is 3. The van der Waals surface area contributed by atoms with Crippen molar-refractivity contribution in [1.82, 2.24) is 15.1 Å². The number of carbonyl (C=O) groups excluding carboxylic acids is 1. The first-order chi connectivity index (χ1) is 13.5. The van der Waals surface area contributed by atoms with Gasteiger partial charge in [-0.1, -0.05) is 26.0 Å². The number of hydrogen-bond donors (Lipinski definition) is 1. The summed E-state index contributed by atoms with van der Waals surface area (Å²) < 4.78 is 0. The Balaban J connectivity index is 1.33. The maximum absolute atomic E-state index is 12.6. The van der Waals surface area contributed by atoms with Gasteiger partial charge in [-0.3, -0.25) is 0 Å². The van der Waals surface area contributed by atoms with E-state index in [1.54, 1.807) is 6.07 Å². The largest absolute Gasteiger partial charge is 0.354 e. The third-order valence-electron chi connectivity index (χ3n) is 5.69. The molecule has 3 heterocycles. The average molecular weight is 376 g/mol. The molecule has 7 heteroatoms. The van der Waals surface area contributed by atoms with Gasteiger partial charge in [-0.15, -0.1) is 10.2 Å². The van der Waals surface area contributed by atoms with Gasteiger partial charge in [0, 0.05) is 43.7 Å². The number of anilines is 2. The van der Waals surface area contributed by atoms with E-state index < -0.39 is 0 Å². The molecule has 1 aromatic carbocycles. The molecule has 0 saturated carbocycles. The zero-order valence-electron chi connectivity index (χ0n) is 16.2. The predicted octanol–water partition coefficient (Wildman–Crippen LogP) is 3.07. The van der Waals surface area contributed by atoms with Crippen LogP contribution in [0.5, 0.6) is 0 Å². The van der Waals surface area contributed by atoms with E-state index in [1.165, 1.54) is 5.56 Å². The molecule has 2 aliphatic heterocycles. The van der Waals surface area contributed by atoms with E-state index in [1.807, 2.05) is 29.2 Å². The predicted molar refractivity (Wildman–Crippen MR) is 107 cm³/mol. The van der Waals surface area contributed by atoms with E-state index in [-0.39, 0.29) is 6.03 Å². The fraction of sp³-hybridized carbons (Fsp3) is 0.429. The molecule has 2 atom stereocenters. The van der Waals surface area contributed by atoms with Crippen molar-refractivity contribution in [3.8, 4) is 6.07 Å². The van der Waals surface area contributed by atoms with Crippen LogP contribution in [-0.2, 0) is 0 Å². The van der Waals surface area contributed by atoms with Gasteiger partial charge < -0.3 is 15.1 Å². The number of nitriles is 1. The summed E-state index contributed by atoms with van der Waals surface area (Å²) in [5.41, 5.74) is 2.42. The van der Waals surface area contributed by atoms with Crippen molar-refractivity contribution in [2.75, 3.05) is 36.4 Å². The van der Waals surface area contributed by atoms with E-state index in [9.17, 15) is 4.79 Å². The maximum Gasteiger partial charge on any atom is 0.321 e. The molecular formula is C21H24N6O. The zero-order chi connectivity index (χ0) is 19.7. The maximum atomic E-state index is 12.6. The topological polar surface area (TPSA) is 85.2 Å². The molecular weight excluding hydrogens is 352 g/mol. The second-order valence-corrected chi connectivity index (χ2v) is 7.93. The van der Waals surface area contributed by atoms with E-state index in [4.69, 9.17) is 5.26 Å². The smallest absolute Gasteiger partial charge is 0.321 e. The van der Waals surface area contributed by atoms with Gasteiger partial charge in [0.1, 0.15) is 6.07 Å². The molecule has 4 rings (SSSR count). The highest BCUT2D eigenvalue weighted by molar-refractivity contribution is 5.89. The van der Waals surface area contributed by atoms with Crippen LogP contribution >= 0.6 is 0 Å². The van der Waals surface area contributed by atoms with Gasteiger partial charge in [-0.05, 0) is 35.7 Å². The number of nitrogens with zero attached hydrogens (tertiary/aromatic N) is 5. The van der Waals surface area contributed by atoms with Crippen LogP contribution in [-0.4, -0.2) is 47.3 Å². The number of aromatic nitrogens is 2. The number of fused-ring (bicyclic) bond motifs is 1. The molecule has 2 aromatic rings. The molecule has 2 amide bonds. The van der Waals surface area contributed by atoms with Crippen molar-refractivity contribution in [3.63, 3.8) is 0 Å². The summed E-state index contributed by atoms with van der Waals surface area (Å²) in [5, 5.41) is 19.9. The van der Waals surface area contributed by atoms with Gasteiger partial charge in [0.15, 0.2) is 11.5 Å². The molecule has 1 aromatic heterocycles. The van der Waals surface area contributed by atoms with Crippen molar-refractivity contribution < 1.29 is 4.79 Å². The average Bonchev–Trinajstić information content (AvgIpc) is 3.28. The number of carbonyl (C=O) groups is 1. The second kappa shape index (κ2) is 7.47. The summed E-state index contributed by atoms with van der Waals surface area (Å²) in [7, 11) is 0. The van der Waals surface area contributed by atoms with Crippen LogP contribution in [0.3, 0.4) is 0 Å². The Hall–Kier alpha value is -3.14. The van der Waals surface area contributed by atoms with Gasteiger partial charge in [0.2, 0.25) is 0 Å². The van der Waals surface area contributed by atoms with Gasteiger partial charge in [0.05, 0.1) is 0 Å². The van der Waals surface area contributed by atoms with Crippen LogP contribution in [0.1, 0.15) is 31.0 Å². The quantitative estimate of drug-likeness (QED) is 0.890. The first-order valence-electron chi connectivity index (χ1n) is 9.68. The third-order valence-corrected chi connectivity index (χ3v) is 5.69. The van der Waals surface area contributed by atoms with Crippen LogP contribution < -0.4 is 10.2 Å². The Labute approximate surface area is 165 Å². The molecule has 144 valence electrons. The number of amides is 2. The lowest BCUT2D eigenvalue weighted by Gasteiger charge is -2.22. The summed E-state index contributed by atoms with van der Waals surface area (Å²) in [5.74, 6) is 2.15. The van der Waals surface area contributed by atoms with E-state index in [0.29, 0.717) is 23.4 Å². The Kier molecular flexibility index (Phi) is 4.86. The van der Waals surface area contributed by atoms with Crippen molar-refractivity contribution in [2.24, 2.45) is 11.8 Å². The third kappa shape index (κ3) is 3.63. The summed E-state index contributed by atoms with van der Waals surface area (Å²) in [4.78, 5) is 16.7. The number of urea groups is 1. The van der Waals surface area contributed by atoms with Gasteiger partial charge in [-0.25, -0.2) is 4.79 Å². The summed E-state index contributed by atoms with van der Waals surface area (Å²) in [6, 6.07) is 13.6. The molecule has 0 bridgehead atoms. The standard InChI is InChI=1S/C21H24N6O/c1-14(2)15-3-5-18(6-4-15)23-21(28)27-12-16-10-26(11-17(16)13-27)20-8-7-19(9-22)24-25-20/h3-8,14,16-17H,10-13H2,1-2H3,(H,23,28). The fourth-order valence-electron chi connectivity index (χ4n) is 4.05. The summed E-state index contributed by atoms with van der Waals surface area (Å²) in [6.45, 7) is 7.53. The summed E-state index contributed by atoms with van der Waals surface area (Å²) >= 11 is 0. The molecule has 28 heavy (non-hydrogen) atoms. The van der Waals surface area contributed by atoms with Crippen LogP contribution in [0.2, 0.25) is 0 Å². The van der Waals surface area contributed by atoms with Crippen LogP contribution in [0.15, 0.2) is 36.4 Å². The number of nitrogens with one attached hydrogen (secondary N) is 1. The number of likely N-dealkylation sites (tertiary alicyclic amines) is 1. The molecule has 2 fully saturated rings. The van der Waals surface area contributed by atoms with Crippen LogP contribution in [0.25, 0.3) is 0 Å². The monoisotopic (exact) mass is 376 g/mol. The Bertz CT molecular complexity index is 873. The van der Waals surface area contributed by atoms with Crippen LogP contribution in [0.4, 0.5) is 16.3 Å². The zero-order valence-corrected chi connectivity index (χ0v) is 16.2. The lowest BCUT2D eigenvalue weighted by Crippen LogP contribution is -2.36. The molecule has 7 nitrogen and oxygen atoms in total. The first-order valence-corrected chi connectivity index (χ1v) is 9.68. The molecule has 2 aliphatic rings. The Morgan fingerprint density at radius 2 is 1.75 bits per heavy atom. The van der Waals surface area contributed by atoms with Gasteiger partial charge in [-0.2, -0.15) is 5.26 Å². The minimum Gasteiger partial charge on any atom is -0.354 e. The molecule has 1 N–H and O–H groups in total. The van der Waals surface area contributed by atoms with Gasteiger partial charge in [0.25, 0.3) is 0 Å². The highest BCUT2D eigenvalue weighted by Crippen LogP contribution is 2.33. The molecule has 0 spiro atoms. The van der Waals surface area contributed by atoms with Crippen LogP contribution in [0, 0.1) is 23.2 Å². The summed E-state index contributed by atoms with van der Waals surface area (Å²) in [6.07, 6.45) is 0. The molecule has 0 aliphatic carbocycles. The molecule has 2 unspecified atom stereocenters. The van der Waals surface area contributed by atoms with Crippen molar-refractivity contribution >= 4 is 17.5 Å². The number of hydrogen-bond acceptors (Lipinski definition) is 5. The van der Waals surface area contributed by atoms with E-state index in [0.717, 1.165) is 37.7 Å². The van der Waals surface area contributed by atoms with Gasteiger partial charge >= 0.3 is 6.03 Å². The van der Waals surface area contributed by atoms with Crippen molar-refractivity contribution in [2.45, 2.75) is 19.8 Å². The minimum absolute atomic E-state index is 0.0311. The normalized spacial score (nSPS) is 20.9. The second-order valence-electron chi connectivity index (χ2n) is 7.93. The van der Waals surface area contributed by atoms with Crippen molar-refractivity contribution in [1.29, 1.82) is 5.26 Å². The SMILES string of the molecule is CC(C)c1ccc(NC(=O)N2CC3CN(c4ccc(C#N)nn4)CC3C2)cc1. The van der Waals surface area contributed by atoms with E-state index in [2.05, 4.69) is 46.4 Å². The first kappa shape index (κ1) is 18.2. The molecule has 0 radical (unpaired) electrons.